The Morgan fingerprint density at radius 3 is 2.52 bits per heavy atom. The molecule has 0 spiro atoms. The van der Waals surface area contributed by atoms with Crippen molar-refractivity contribution in [1.82, 2.24) is 0 Å². The van der Waals surface area contributed by atoms with Gasteiger partial charge in [0.25, 0.3) is 0 Å². The molecule has 1 saturated carbocycles. The fourth-order valence-corrected chi connectivity index (χ4v) is 5.45. The third-order valence-electron chi connectivity index (χ3n) is 6.09. The highest BCUT2D eigenvalue weighted by molar-refractivity contribution is 7.99. The number of carbonyl (C=O) groups excluding carboxylic acids is 1. The van der Waals surface area contributed by atoms with Crippen molar-refractivity contribution < 1.29 is 19.2 Å². The highest BCUT2D eigenvalue weighted by atomic mass is 32.2. The largest absolute Gasteiger partial charge is 0.461 e. The van der Waals surface area contributed by atoms with Gasteiger partial charge in [0.1, 0.15) is 19.2 Å². The molecule has 2 aliphatic rings. The van der Waals surface area contributed by atoms with Gasteiger partial charge in [-0.1, -0.05) is 51.5 Å². The Bertz CT molecular complexity index is 635. The predicted octanol–water partition coefficient (Wildman–Crippen LogP) is 3.38. The molecule has 0 unspecified atom stereocenters. The molecule has 1 aromatic rings. The topological polar surface area (TPSA) is 40.0 Å². The van der Waals surface area contributed by atoms with Crippen LogP contribution in [0.2, 0.25) is 0 Å². The Balaban J connectivity index is 1.45. The lowest BCUT2D eigenvalue weighted by Crippen LogP contribution is -3.14. The van der Waals surface area contributed by atoms with E-state index in [1.54, 1.807) is 0 Å². The number of rotatable bonds is 7. The molecule has 1 heterocycles. The number of ether oxygens (including phenoxy) is 2. The first-order chi connectivity index (χ1) is 13.9. The molecule has 162 valence electrons. The molecule has 3 rings (SSSR count). The Morgan fingerprint density at radius 1 is 1.14 bits per heavy atom. The first-order valence-electron chi connectivity index (χ1n) is 11.2. The van der Waals surface area contributed by atoms with Crippen LogP contribution in [0.4, 0.5) is 0 Å². The van der Waals surface area contributed by atoms with Crippen molar-refractivity contribution in [3.63, 3.8) is 0 Å². The third kappa shape index (κ3) is 7.30. The molecular formula is C24H38NO3S+. The second kappa shape index (κ2) is 10.8. The zero-order valence-corrected chi connectivity index (χ0v) is 19.2. The zero-order valence-electron chi connectivity index (χ0n) is 18.4. The van der Waals surface area contributed by atoms with E-state index in [0.29, 0.717) is 11.7 Å². The second-order valence-corrected chi connectivity index (χ2v) is 10.7. The number of benzene rings is 1. The van der Waals surface area contributed by atoms with Crippen LogP contribution < -0.4 is 4.90 Å². The Hall–Kier alpha value is -1.04. The molecule has 1 aliphatic carbocycles. The summed E-state index contributed by atoms with van der Waals surface area (Å²) in [5.74, 6) is 0.970. The summed E-state index contributed by atoms with van der Waals surface area (Å²) in [6.07, 6.45) is 5.18. The molecule has 2 fully saturated rings. The van der Waals surface area contributed by atoms with Gasteiger partial charge in [0.2, 0.25) is 0 Å². The van der Waals surface area contributed by atoms with E-state index >= 15 is 0 Å². The fraction of sp³-hybridized carbons (Fsp3) is 0.708. The number of carbonyl (C=O) groups is 1. The van der Waals surface area contributed by atoms with Gasteiger partial charge in [0.15, 0.2) is 0 Å². The van der Waals surface area contributed by atoms with Crippen LogP contribution in [0, 0.1) is 0 Å². The van der Waals surface area contributed by atoms with Crippen LogP contribution in [0.3, 0.4) is 0 Å². The van der Waals surface area contributed by atoms with Gasteiger partial charge in [-0.2, -0.15) is 0 Å². The molecule has 5 heteroatoms. The number of hydrogen-bond donors (Lipinski definition) is 1. The summed E-state index contributed by atoms with van der Waals surface area (Å²) >= 11 is 1.96. The molecule has 1 N–H and O–H groups in total. The number of hydrogen-bond acceptors (Lipinski definition) is 4. The van der Waals surface area contributed by atoms with E-state index in [-0.39, 0.29) is 17.5 Å². The monoisotopic (exact) mass is 420 g/mol. The van der Waals surface area contributed by atoms with E-state index < -0.39 is 0 Å². The molecule has 1 saturated heterocycles. The highest BCUT2D eigenvalue weighted by Gasteiger charge is 2.29. The minimum Gasteiger partial charge on any atom is -0.461 e. The van der Waals surface area contributed by atoms with Crippen LogP contribution in [-0.4, -0.2) is 50.2 Å². The predicted molar refractivity (Wildman–Crippen MR) is 120 cm³/mol. The van der Waals surface area contributed by atoms with Crippen molar-refractivity contribution in [1.29, 1.82) is 0 Å². The summed E-state index contributed by atoms with van der Waals surface area (Å²) in [4.78, 5) is 13.9. The van der Waals surface area contributed by atoms with Gasteiger partial charge in [-0.25, -0.2) is 0 Å². The third-order valence-corrected chi connectivity index (χ3v) is 7.56. The maximum absolute atomic E-state index is 12.4. The molecular weight excluding hydrogens is 382 g/mol. The molecule has 4 nitrogen and oxygen atoms in total. The van der Waals surface area contributed by atoms with Crippen molar-refractivity contribution in [2.75, 3.05) is 32.8 Å². The van der Waals surface area contributed by atoms with Gasteiger partial charge in [-0.3, -0.25) is 4.79 Å². The summed E-state index contributed by atoms with van der Waals surface area (Å²) < 4.78 is 11.3. The van der Waals surface area contributed by atoms with Crippen LogP contribution >= 0.6 is 11.8 Å². The Labute approximate surface area is 180 Å². The maximum Gasteiger partial charge on any atom is 0.311 e. The quantitative estimate of drug-likeness (QED) is 0.687. The lowest BCUT2D eigenvalue weighted by molar-refractivity contribution is -0.907. The van der Waals surface area contributed by atoms with Crippen molar-refractivity contribution in [3.05, 3.63) is 35.4 Å². The lowest BCUT2D eigenvalue weighted by Gasteiger charge is -2.31. The summed E-state index contributed by atoms with van der Waals surface area (Å²) in [5.41, 5.74) is 2.92. The number of esters is 1. The second-order valence-electron chi connectivity index (χ2n) is 9.47. The number of nitrogens with one attached hydrogen (secondary N) is 1. The molecule has 1 aliphatic heterocycles. The average molecular weight is 421 g/mol. The molecule has 29 heavy (non-hydrogen) atoms. The van der Waals surface area contributed by atoms with E-state index in [9.17, 15) is 4.79 Å². The van der Waals surface area contributed by atoms with Gasteiger partial charge in [0, 0.05) is 11.0 Å². The Morgan fingerprint density at radius 2 is 1.83 bits per heavy atom. The molecule has 0 amide bonds. The van der Waals surface area contributed by atoms with Crippen molar-refractivity contribution in [3.8, 4) is 0 Å². The number of morpholine rings is 1. The molecule has 0 radical (unpaired) electrons. The van der Waals surface area contributed by atoms with E-state index in [0.717, 1.165) is 51.4 Å². The number of quaternary nitrogens is 1. The summed E-state index contributed by atoms with van der Waals surface area (Å²) in [7, 11) is 0. The highest BCUT2D eigenvalue weighted by Crippen LogP contribution is 2.33. The first-order valence-corrected chi connectivity index (χ1v) is 12.3. The van der Waals surface area contributed by atoms with E-state index in [1.807, 2.05) is 11.8 Å². The van der Waals surface area contributed by atoms with Gasteiger partial charge in [-0.05, 0) is 35.8 Å². The summed E-state index contributed by atoms with van der Waals surface area (Å²) in [6.45, 7) is 11.2. The number of thioether (sulfide) groups is 1. The van der Waals surface area contributed by atoms with E-state index in [2.05, 4.69) is 45.0 Å². The summed E-state index contributed by atoms with van der Waals surface area (Å²) in [5, 5.41) is 0.422. The van der Waals surface area contributed by atoms with Gasteiger partial charge < -0.3 is 14.4 Å². The van der Waals surface area contributed by atoms with Gasteiger partial charge in [-0.15, -0.1) is 11.8 Å². The average Bonchev–Trinajstić information content (AvgIpc) is 2.72. The standard InChI is InChI=1S/C24H37NO3S/c1-24(2,3)20-10-8-19(9-11-20)18-29-22-7-5-4-6-21(22)28-23(26)12-13-25-14-16-27-17-15-25/h8-11,21-22H,4-7,12-18H2,1-3H3/p+1/t21-,22-/m1/s1. The minimum absolute atomic E-state index is 0.0176. The van der Waals surface area contributed by atoms with Gasteiger partial charge in [0.05, 0.1) is 26.2 Å². The van der Waals surface area contributed by atoms with Crippen LogP contribution in [0.25, 0.3) is 0 Å². The van der Waals surface area contributed by atoms with Crippen molar-refractivity contribution in [2.45, 2.75) is 75.4 Å². The lowest BCUT2D eigenvalue weighted by atomic mass is 9.87. The van der Waals surface area contributed by atoms with E-state index in [1.165, 1.54) is 28.9 Å². The summed E-state index contributed by atoms with van der Waals surface area (Å²) in [6, 6.07) is 9.01. The van der Waals surface area contributed by atoms with Crippen molar-refractivity contribution >= 4 is 17.7 Å². The van der Waals surface area contributed by atoms with Crippen LogP contribution in [-0.2, 0) is 25.4 Å². The molecule has 2 atom stereocenters. The van der Waals surface area contributed by atoms with Crippen LogP contribution in [0.15, 0.2) is 24.3 Å². The fourth-order valence-electron chi connectivity index (χ4n) is 4.11. The molecule has 0 aromatic heterocycles. The van der Waals surface area contributed by atoms with Crippen molar-refractivity contribution in [2.24, 2.45) is 0 Å². The Kier molecular flexibility index (Phi) is 8.45. The van der Waals surface area contributed by atoms with Crippen LogP contribution in [0.1, 0.15) is 64.0 Å². The molecule has 0 bridgehead atoms. The SMILES string of the molecule is CC(C)(C)c1ccc(CS[C@@H]2CCCC[C@H]2OC(=O)CC[NH+]2CCOCC2)cc1. The van der Waals surface area contributed by atoms with E-state index in [4.69, 9.17) is 9.47 Å². The maximum atomic E-state index is 12.4. The molecule has 1 aromatic carbocycles. The van der Waals surface area contributed by atoms with Crippen LogP contribution in [0.5, 0.6) is 0 Å². The first kappa shape index (κ1) is 22.6. The smallest absolute Gasteiger partial charge is 0.311 e. The minimum atomic E-state index is -0.0176. The normalized spacial score (nSPS) is 23.7. The van der Waals surface area contributed by atoms with Gasteiger partial charge >= 0.3 is 5.97 Å². The zero-order chi connectivity index (χ0) is 20.7.